The van der Waals surface area contributed by atoms with Gasteiger partial charge in [0.25, 0.3) is 5.91 Å². The summed E-state index contributed by atoms with van der Waals surface area (Å²) >= 11 is 0. The van der Waals surface area contributed by atoms with Crippen molar-refractivity contribution in [2.45, 2.75) is 32.1 Å². The minimum atomic E-state index is 0.0367. The second kappa shape index (κ2) is 6.67. The van der Waals surface area contributed by atoms with E-state index in [0.717, 1.165) is 63.2 Å². The van der Waals surface area contributed by atoms with E-state index in [1.165, 1.54) is 12.1 Å². The number of fused-ring (bicyclic) bond motifs is 1. The third kappa shape index (κ3) is 2.90. The quantitative estimate of drug-likeness (QED) is 0.797. The summed E-state index contributed by atoms with van der Waals surface area (Å²) in [5.41, 5.74) is 2.84. The van der Waals surface area contributed by atoms with Crippen molar-refractivity contribution in [3.8, 4) is 0 Å². The fourth-order valence-corrected chi connectivity index (χ4v) is 3.69. The van der Waals surface area contributed by atoms with Gasteiger partial charge in [-0.25, -0.2) is 0 Å². The summed E-state index contributed by atoms with van der Waals surface area (Å²) in [7, 11) is 0. The van der Waals surface area contributed by atoms with Gasteiger partial charge in [-0.05, 0) is 31.4 Å². The van der Waals surface area contributed by atoms with Crippen LogP contribution >= 0.6 is 0 Å². The molecule has 0 bridgehead atoms. The number of carbonyl (C=O) groups excluding carboxylic acids is 1. The molecule has 0 radical (unpaired) electrons. The van der Waals surface area contributed by atoms with Crippen molar-refractivity contribution in [3.63, 3.8) is 0 Å². The molecule has 2 aromatic rings. The molecule has 0 unspecified atom stereocenters. The predicted molar refractivity (Wildman–Crippen MR) is 92.3 cm³/mol. The lowest BCUT2D eigenvalue weighted by atomic mass is 10.1. The van der Waals surface area contributed by atoms with Gasteiger partial charge in [-0.1, -0.05) is 29.8 Å². The van der Waals surface area contributed by atoms with E-state index < -0.39 is 0 Å². The first-order valence-electron chi connectivity index (χ1n) is 8.89. The van der Waals surface area contributed by atoms with Crippen LogP contribution in [0.15, 0.2) is 34.9 Å². The van der Waals surface area contributed by atoms with Crippen molar-refractivity contribution in [2.24, 2.45) is 0 Å². The molecule has 1 aromatic heterocycles. The zero-order valence-corrected chi connectivity index (χ0v) is 13.9. The molecular formula is C19H23N3O2. The molecule has 0 atom stereocenters. The number of hydrogen-bond donors (Lipinski definition) is 0. The molecule has 0 saturated carbocycles. The molecule has 0 N–H and O–H groups in total. The SMILES string of the molecule is O=C(c1noc2c1CCCCC2)N1CCN(c2ccccc2)CC1. The lowest BCUT2D eigenvalue weighted by molar-refractivity contribution is 0.0735. The number of hydrogen-bond acceptors (Lipinski definition) is 4. The maximum Gasteiger partial charge on any atom is 0.276 e. The molecule has 2 aliphatic rings. The summed E-state index contributed by atoms with van der Waals surface area (Å²) in [4.78, 5) is 17.1. The highest BCUT2D eigenvalue weighted by atomic mass is 16.5. The monoisotopic (exact) mass is 325 g/mol. The molecule has 1 aromatic carbocycles. The van der Waals surface area contributed by atoms with Crippen LogP contribution in [-0.2, 0) is 12.8 Å². The Morgan fingerprint density at radius 2 is 1.71 bits per heavy atom. The van der Waals surface area contributed by atoms with Crippen LogP contribution in [0.4, 0.5) is 5.69 Å². The maximum absolute atomic E-state index is 12.9. The number of nitrogens with zero attached hydrogens (tertiary/aromatic N) is 3. The average Bonchev–Trinajstić information content (AvgIpc) is 2.90. The van der Waals surface area contributed by atoms with Gasteiger partial charge < -0.3 is 14.3 Å². The number of piperazine rings is 1. The van der Waals surface area contributed by atoms with Gasteiger partial charge in [0, 0.05) is 43.9 Å². The second-order valence-corrected chi connectivity index (χ2v) is 6.61. The number of aromatic nitrogens is 1. The van der Waals surface area contributed by atoms with Crippen LogP contribution in [0.2, 0.25) is 0 Å². The molecule has 24 heavy (non-hydrogen) atoms. The Balaban J connectivity index is 1.44. The van der Waals surface area contributed by atoms with Crippen molar-refractivity contribution >= 4 is 11.6 Å². The lowest BCUT2D eigenvalue weighted by Gasteiger charge is -2.35. The van der Waals surface area contributed by atoms with Gasteiger partial charge in [0.1, 0.15) is 5.76 Å². The lowest BCUT2D eigenvalue weighted by Crippen LogP contribution is -2.49. The third-order valence-electron chi connectivity index (χ3n) is 5.09. The normalized spacial score (nSPS) is 18.2. The first-order valence-corrected chi connectivity index (χ1v) is 8.89. The van der Waals surface area contributed by atoms with E-state index in [1.54, 1.807) is 0 Å². The van der Waals surface area contributed by atoms with Crippen molar-refractivity contribution < 1.29 is 9.32 Å². The Kier molecular flexibility index (Phi) is 4.24. The molecule has 1 aliphatic heterocycles. The first kappa shape index (κ1) is 15.2. The summed E-state index contributed by atoms with van der Waals surface area (Å²) in [5, 5.41) is 4.11. The second-order valence-electron chi connectivity index (χ2n) is 6.61. The summed E-state index contributed by atoms with van der Waals surface area (Å²) in [6.45, 7) is 3.18. The zero-order valence-electron chi connectivity index (χ0n) is 13.9. The summed E-state index contributed by atoms with van der Waals surface area (Å²) in [5.74, 6) is 0.966. The first-order chi connectivity index (χ1) is 11.8. The Hall–Kier alpha value is -2.30. The van der Waals surface area contributed by atoms with Gasteiger partial charge in [0.05, 0.1) is 0 Å². The van der Waals surface area contributed by atoms with Crippen molar-refractivity contribution in [1.29, 1.82) is 0 Å². The summed E-state index contributed by atoms with van der Waals surface area (Å²) < 4.78 is 5.46. The van der Waals surface area contributed by atoms with Crippen LogP contribution in [0.3, 0.4) is 0 Å². The number of benzene rings is 1. The molecule has 1 amide bonds. The van der Waals surface area contributed by atoms with Gasteiger partial charge in [-0.3, -0.25) is 4.79 Å². The zero-order chi connectivity index (χ0) is 16.4. The smallest absolute Gasteiger partial charge is 0.276 e. The maximum atomic E-state index is 12.9. The van der Waals surface area contributed by atoms with Crippen LogP contribution in [0.1, 0.15) is 41.1 Å². The molecule has 4 rings (SSSR count). The largest absolute Gasteiger partial charge is 0.368 e. The molecule has 126 valence electrons. The molecular weight excluding hydrogens is 302 g/mol. The topological polar surface area (TPSA) is 49.6 Å². The highest BCUT2D eigenvalue weighted by Crippen LogP contribution is 2.25. The number of rotatable bonds is 2. The minimum Gasteiger partial charge on any atom is -0.368 e. The van der Waals surface area contributed by atoms with E-state index >= 15 is 0 Å². The number of carbonyl (C=O) groups is 1. The fraction of sp³-hybridized carbons (Fsp3) is 0.474. The molecule has 1 fully saturated rings. The number of amides is 1. The summed E-state index contributed by atoms with van der Waals surface area (Å²) in [6, 6.07) is 10.4. The number of para-hydroxylation sites is 1. The Labute approximate surface area is 142 Å². The van der Waals surface area contributed by atoms with Gasteiger partial charge >= 0.3 is 0 Å². The van der Waals surface area contributed by atoms with Gasteiger partial charge in [0.2, 0.25) is 0 Å². The van der Waals surface area contributed by atoms with E-state index in [9.17, 15) is 4.79 Å². The molecule has 1 saturated heterocycles. The molecule has 5 heteroatoms. The predicted octanol–water partition coefficient (Wildman–Crippen LogP) is 2.91. The molecule has 1 aliphatic carbocycles. The van der Waals surface area contributed by atoms with Crippen LogP contribution < -0.4 is 4.90 Å². The van der Waals surface area contributed by atoms with E-state index in [4.69, 9.17) is 4.52 Å². The number of aryl methyl sites for hydroxylation is 1. The van der Waals surface area contributed by atoms with E-state index in [2.05, 4.69) is 34.3 Å². The van der Waals surface area contributed by atoms with E-state index in [-0.39, 0.29) is 5.91 Å². The minimum absolute atomic E-state index is 0.0367. The van der Waals surface area contributed by atoms with Gasteiger partial charge in [-0.2, -0.15) is 0 Å². The Morgan fingerprint density at radius 3 is 2.50 bits per heavy atom. The molecule has 0 spiro atoms. The van der Waals surface area contributed by atoms with Crippen LogP contribution in [0.5, 0.6) is 0 Å². The van der Waals surface area contributed by atoms with Crippen LogP contribution in [-0.4, -0.2) is 42.1 Å². The van der Waals surface area contributed by atoms with Gasteiger partial charge in [0.15, 0.2) is 5.69 Å². The Bertz CT molecular complexity index is 703. The highest BCUT2D eigenvalue weighted by Gasteiger charge is 2.28. The highest BCUT2D eigenvalue weighted by molar-refractivity contribution is 5.94. The van der Waals surface area contributed by atoms with Crippen molar-refractivity contribution in [2.75, 3.05) is 31.1 Å². The average molecular weight is 325 g/mol. The third-order valence-corrected chi connectivity index (χ3v) is 5.09. The number of anilines is 1. The van der Waals surface area contributed by atoms with Crippen LogP contribution in [0.25, 0.3) is 0 Å². The van der Waals surface area contributed by atoms with Crippen molar-refractivity contribution in [1.82, 2.24) is 10.1 Å². The molecule has 5 nitrogen and oxygen atoms in total. The fourth-order valence-electron chi connectivity index (χ4n) is 3.69. The Morgan fingerprint density at radius 1 is 0.958 bits per heavy atom. The van der Waals surface area contributed by atoms with E-state index in [0.29, 0.717) is 5.69 Å². The van der Waals surface area contributed by atoms with Crippen molar-refractivity contribution in [3.05, 3.63) is 47.3 Å². The van der Waals surface area contributed by atoms with Crippen LogP contribution in [0, 0.1) is 0 Å². The molecule has 2 heterocycles. The van der Waals surface area contributed by atoms with Gasteiger partial charge in [-0.15, -0.1) is 0 Å². The van der Waals surface area contributed by atoms with E-state index in [1.807, 2.05) is 11.0 Å². The standard InChI is InChI=1S/C19H23N3O2/c23-19(18-16-9-5-2-6-10-17(16)24-20-18)22-13-11-21(12-14-22)15-7-3-1-4-8-15/h1,3-4,7-8H,2,5-6,9-14H2. The summed E-state index contributed by atoms with van der Waals surface area (Å²) in [6.07, 6.45) is 5.29.